The number of aromatic amines is 1. The molecule has 3 rings (SSSR count). The Morgan fingerprint density at radius 1 is 1.30 bits per heavy atom. The minimum Gasteiger partial charge on any atom is -0.348 e. The molecule has 1 unspecified atom stereocenters. The van der Waals surface area contributed by atoms with Crippen molar-refractivity contribution in [3.8, 4) is 0 Å². The molecule has 0 bridgehead atoms. The summed E-state index contributed by atoms with van der Waals surface area (Å²) in [7, 11) is 3.52. The zero-order chi connectivity index (χ0) is 16.4. The van der Waals surface area contributed by atoms with Crippen LogP contribution in [0.2, 0.25) is 0 Å². The van der Waals surface area contributed by atoms with E-state index in [4.69, 9.17) is 0 Å². The highest BCUT2D eigenvalue weighted by Gasteiger charge is 2.25. The van der Waals surface area contributed by atoms with Crippen LogP contribution in [0.5, 0.6) is 0 Å². The first-order valence-electron chi connectivity index (χ1n) is 6.98. The number of carbonyl (C=O) groups is 1. The van der Waals surface area contributed by atoms with Gasteiger partial charge in [-0.15, -0.1) is 0 Å². The second kappa shape index (κ2) is 6.72. The Bertz CT molecular complexity index is 834. The number of H-pyrrole nitrogens is 1. The van der Waals surface area contributed by atoms with Crippen LogP contribution in [0.3, 0.4) is 0 Å². The van der Waals surface area contributed by atoms with Gasteiger partial charge in [-0.1, -0.05) is 42.1 Å². The zero-order valence-electron chi connectivity index (χ0n) is 12.7. The highest BCUT2D eigenvalue weighted by atomic mass is 79.9. The number of pyridine rings is 1. The van der Waals surface area contributed by atoms with Crippen molar-refractivity contribution in [2.45, 2.75) is 10.4 Å². The van der Waals surface area contributed by atoms with Gasteiger partial charge in [0, 0.05) is 24.8 Å². The number of thioether (sulfide) groups is 1. The molecule has 1 N–H and O–H groups in total. The van der Waals surface area contributed by atoms with Gasteiger partial charge in [-0.2, -0.15) is 0 Å². The van der Waals surface area contributed by atoms with Crippen LogP contribution in [-0.4, -0.2) is 39.9 Å². The number of rotatable bonds is 4. The van der Waals surface area contributed by atoms with Crippen LogP contribution in [0.1, 0.15) is 10.8 Å². The van der Waals surface area contributed by atoms with Gasteiger partial charge in [-0.25, -0.2) is 9.97 Å². The molecule has 1 aromatic carbocycles. The van der Waals surface area contributed by atoms with Gasteiger partial charge in [0.15, 0.2) is 10.8 Å². The first-order valence-corrected chi connectivity index (χ1v) is 8.66. The minimum absolute atomic E-state index is 0.0239. The maximum Gasteiger partial charge on any atom is 0.240 e. The van der Waals surface area contributed by atoms with Crippen LogP contribution in [-0.2, 0) is 4.79 Å². The third-order valence-corrected chi connectivity index (χ3v) is 4.84. The number of halogens is 1. The van der Waals surface area contributed by atoms with Crippen molar-refractivity contribution in [1.82, 2.24) is 19.9 Å². The Hall–Kier alpha value is -1.86. The first-order chi connectivity index (χ1) is 11.0. The van der Waals surface area contributed by atoms with Gasteiger partial charge in [-0.3, -0.25) is 4.79 Å². The van der Waals surface area contributed by atoms with Crippen LogP contribution in [0.15, 0.2) is 52.2 Å². The number of hydrogen-bond acceptors (Lipinski definition) is 4. The van der Waals surface area contributed by atoms with Gasteiger partial charge in [0.2, 0.25) is 5.91 Å². The topological polar surface area (TPSA) is 61.9 Å². The number of fused-ring (bicyclic) bond motifs is 1. The fourth-order valence-corrected chi connectivity index (χ4v) is 3.61. The first kappa shape index (κ1) is 16.0. The van der Waals surface area contributed by atoms with Gasteiger partial charge in [0.05, 0.1) is 5.52 Å². The summed E-state index contributed by atoms with van der Waals surface area (Å²) in [6.07, 6.45) is 1.71. The number of aromatic nitrogens is 3. The van der Waals surface area contributed by atoms with Crippen LogP contribution in [0.4, 0.5) is 0 Å². The average molecular weight is 391 g/mol. The Morgan fingerprint density at radius 2 is 2.04 bits per heavy atom. The Kier molecular flexibility index (Phi) is 4.68. The maximum absolute atomic E-state index is 12.6. The van der Waals surface area contributed by atoms with E-state index in [0.717, 1.165) is 15.6 Å². The van der Waals surface area contributed by atoms with E-state index in [1.165, 1.54) is 11.8 Å². The Balaban J connectivity index is 1.95. The highest BCUT2D eigenvalue weighted by Crippen LogP contribution is 2.35. The molecule has 0 fully saturated rings. The van der Waals surface area contributed by atoms with Crippen LogP contribution in [0, 0.1) is 0 Å². The van der Waals surface area contributed by atoms with Gasteiger partial charge in [0.1, 0.15) is 5.25 Å². The number of imidazole rings is 1. The lowest BCUT2D eigenvalue weighted by atomic mass is 10.1. The van der Waals surface area contributed by atoms with Crippen molar-refractivity contribution < 1.29 is 4.79 Å². The summed E-state index contributed by atoms with van der Waals surface area (Å²) in [5, 5.41) is 0.324. The van der Waals surface area contributed by atoms with Crippen LogP contribution >= 0.6 is 27.7 Å². The van der Waals surface area contributed by atoms with Gasteiger partial charge in [0.25, 0.3) is 0 Å². The lowest BCUT2D eigenvalue weighted by Crippen LogP contribution is -2.26. The standard InChI is InChI=1S/C16H15BrN4OS/c1-21(2)15(22)13(10-6-4-3-5-7-10)23-16-19-12-8-11(17)9-18-14(12)20-16/h3-9,13H,1-2H3,(H,18,19,20). The summed E-state index contributed by atoms with van der Waals surface area (Å²) in [5.41, 5.74) is 2.43. The van der Waals surface area contributed by atoms with Crippen LogP contribution in [0.25, 0.3) is 11.2 Å². The molecule has 3 aromatic rings. The maximum atomic E-state index is 12.6. The second-order valence-corrected chi connectivity index (χ2v) is 7.22. The zero-order valence-corrected chi connectivity index (χ0v) is 15.1. The summed E-state index contributed by atoms with van der Waals surface area (Å²) in [4.78, 5) is 26.1. The van der Waals surface area contributed by atoms with E-state index in [0.29, 0.717) is 10.8 Å². The molecule has 7 heteroatoms. The van der Waals surface area contributed by atoms with Gasteiger partial charge < -0.3 is 9.88 Å². The lowest BCUT2D eigenvalue weighted by molar-refractivity contribution is -0.128. The second-order valence-electron chi connectivity index (χ2n) is 5.21. The fraction of sp³-hybridized carbons (Fsp3) is 0.188. The number of nitrogens with zero attached hydrogens (tertiary/aromatic N) is 3. The highest BCUT2D eigenvalue weighted by molar-refractivity contribution is 9.10. The number of carbonyl (C=O) groups excluding carboxylic acids is 1. The smallest absolute Gasteiger partial charge is 0.240 e. The number of hydrogen-bond donors (Lipinski definition) is 1. The van der Waals surface area contributed by atoms with E-state index >= 15 is 0 Å². The number of likely N-dealkylation sites (N-methyl/N-ethyl adjacent to an activating group) is 1. The largest absolute Gasteiger partial charge is 0.348 e. The minimum atomic E-state index is -0.352. The summed E-state index contributed by atoms with van der Waals surface area (Å²) >= 11 is 4.79. The van der Waals surface area contributed by atoms with E-state index in [2.05, 4.69) is 30.9 Å². The SMILES string of the molecule is CN(C)C(=O)C(Sc1nc2ncc(Br)cc2[nH]1)c1ccccc1. The van der Waals surface area contributed by atoms with E-state index in [-0.39, 0.29) is 11.2 Å². The van der Waals surface area contributed by atoms with Crippen molar-refractivity contribution in [3.63, 3.8) is 0 Å². The fourth-order valence-electron chi connectivity index (χ4n) is 2.14. The molecule has 0 aliphatic heterocycles. The van der Waals surface area contributed by atoms with Crippen molar-refractivity contribution in [2.75, 3.05) is 14.1 Å². The molecule has 2 aromatic heterocycles. The van der Waals surface area contributed by atoms with E-state index in [9.17, 15) is 4.79 Å². The predicted octanol–water partition coefficient (Wildman–Crippen LogP) is 3.64. The molecule has 0 aliphatic carbocycles. The van der Waals surface area contributed by atoms with Crippen molar-refractivity contribution >= 4 is 44.8 Å². The normalized spacial score (nSPS) is 12.3. The summed E-state index contributed by atoms with van der Waals surface area (Å²) < 4.78 is 0.883. The molecule has 1 amide bonds. The summed E-state index contributed by atoms with van der Waals surface area (Å²) in [6, 6.07) is 11.6. The molecule has 0 radical (unpaired) electrons. The van der Waals surface area contributed by atoms with E-state index in [1.54, 1.807) is 25.2 Å². The molecule has 1 atom stereocenters. The monoisotopic (exact) mass is 390 g/mol. The quantitative estimate of drug-likeness (QED) is 0.690. The summed E-state index contributed by atoms with van der Waals surface area (Å²) in [6.45, 7) is 0. The van der Waals surface area contributed by atoms with Gasteiger partial charge >= 0.3 is 0 Å². The van der Waals surface area contributed by atoms with Crippen LogP contribution < -0.4 is 0 Å². The molecular formula is C16H15BrN4OS. The number of amides is 1. The van der Waals surface area contributed by atoms with Crippen molar-refractivity contribution in [2.24, 2.45) is 0 Å². The van der Waals surface area contributed by atoms with Gasteiger partial charge in [-0.05, 0) is 27.6 Å². The third-order valence-electron chi connectivity index (χ3n) is 3.28. The average Bonchev–Trinajstić information content (AvgIpc) is 2.94. The van der Waals surface area contributed by atoms with E-state index < -0.39 is 0 Å². The summed E-state index contributed by atoms with van der Waals surface area (Å²) in [5.74, 6) is 0.0239. The molecule has 118 valence electrons. The van der Waals surface area contributed by atoms with Crippen molar-refractivity contribution in [3.05, 3.63) is 52.6 Å². The van der Waals surface area contributed by atoms with E-state index in [1.807, 2.05) is 36.4 Å². The predicted molar refractivity (Wildman–Crippen MR) is 95.3 cm³/mol. The molecule has 0 saturated carbocycles. The molecule has 0 spiro atoms. The van der Waals surface area contributed by atoms with Crippen molar-refractivity contribution in [1.29, 1.82) is 0 Å². The molecule has 0 saturated heterocycles. The number of nitrogens with one attached hydrogen (secondary N) is 1. The molecule has 5 nitrogen and oxygen atoms in total. The third kappa shape index (κ3) is 3.56. The molecule has 23 heavy (non-hydrogen) atoms. The molecular weight excluding hydrogens is 376 g/mol. The molecule has 2 heterocycles. The Labute approximate surface area is 146 Å². The lowest BCUT2D eigenvalue weighted by Gasteiger charge is -2.19. The molecule has 0 aliphatic rings. The Morgan fingerprint density at radius 3 is 2.74 bits per heavy atom. The number of benzene rings is 1.